The maximum Gasteiger partial charge on any atom is 0.245 e. The highest BCUT2D eigenvalue weighted by Crippen LogP contribution is 2.23. The second-order valence-corrected chi connectivity index (χ2v) is 5.46. The Kier molecular flexibility index (Phi) is 5.14. The summed E-state index contributed by atoms with van der Waals surface area (Å²) in [5, 5.41) is 12.6. The summed E-state index contributed by atoms with van der Waals surface area (Å²) >= 11 is 0. The van der Waals surface area contributed by atoms with Crippen LogP contribution in [0.5, 0.6) is 0 Å². The molecule has 0 radical (unpaired) electrons. The molecule has 0 saturated carbocycles. The zero-order chi connectivity index (χ0) is 17.0. The third-order valence-electron chi connectivity index (χ3n) is 3.62. The Balaban J connectivity index is 2.29. The molecule has 0 fully saturated rings. The number of ketones is 1. The number of ether oxygens (including phenoxy) is 1. The largest absolute Gasteiger partial charge is 0.383 e. The molecule has 120 valence electrons. The first-order valence-electron chi connectivity index (χ1n) is 7.26. The summed E-state index contributed by atoms with van der Waals surface area (Å²) in [6.45, 7) is 2.06. The summed E-state index contributed by atoms with van der Waals surface area (Å²) in [4.78, 5) is 24.9. The van der Waals surface area contributed by atoms with E-state index in [1.807, 2.05) is 41.9 Å². The quantitative estimate of drug-likeness (QED) is 0.649. The van der Waals surface area contributed by atoms with Crippen LogP contribution in [0, 0.1) is 17.2 Å². The smallest absolute Gasteiger partial charge is 0.245 e. The number of fused-ring (bicyclic) bond motifs is 1. The molecule has 1 aromatic carbocycles. The number of hydrogen-bond donors (Lipinski definition) is 1. The normalized spacial score (nSPS) is 13.3. The molecule has 1 amide bonds. The molecule has 1 N–H and O–H groups in total. The van der Waals surface area contributed by atoms with Gasteiger partial charge < -0.3 is 14.6 Å². The lowest BCUT2D eigenvalue weighted by Crippen LogP contribution is -2.41. The van der Waals surface area contributed by atoms with E-state index in [9.17, 15) is 14.9 Å². The molecule has 6 nitrogen and oxygen atoms in total. The molecular weight excluding hydrogens is 294 g/mol. The molecule has 0 unspecified atom stereocenters. The molecule has 0 aliphatic rings. The van der Waals surface area contributed by atoms with E-state index >= 15 is 0 Å². The van der Waals surface area contributed by atoms with Crippen LogP contribution in [0.1, 0.15) is 17.3 Å². The summed E-state index contributed by atoms with van der Waals surface area (Å²) in [7, 11) is 3.34. The van der Waals surface area contributed by atoms with Crippen LogP contribution in [-0.4, -0.2) is 36.0 Å². The van der Waals surface area contributed by atoms with Gasteiger partial charge in [-0.05, 0) is 13.0 Å². The van der Waals surface area contributed by atoms with E-state index in [4.69, 9.17) is 4.74 Å². The Morgan fingerprint density at radius 1 is 1.39 bits per heavy atom. The number of hydrogen-bond acceptors (Lipinski definition) is 4. The molecule has 23 heavy (non-hydrogen) atoms. The van der Waals surface area contributed by atoms with Crippen LogP contribution in [0.3, 0.4) is 0 Å². The SMILES string of the molecule is COC[C@@H](C)NC(=O)[C@@H](C#N)C(=O)c1cn(C)c2ccccc12. The van der Waals surface area contributed by atoms with Crippen molar-refractivity contribution in [2.24, 2.45) is 13.0 Å². The van der Waals surface area contributed by atoms with Crippen molar-refractivity contribution in [1.29, 1.82) is 5.26 Å². The fourth-order valence-electron chi connectivity index (χ4n) is 2.55. The van der Waals surface area contributed by atoms with Crippen molar-refractivity contribution in [2.45, 2.75) is 13.0 Å². The fraction of sp³-hybridized carbons (Fsp3) is 0.353. The Morgan fingerprint density at radius 2 is 2.09 bits per heavy atom. The molecule has 2 atom stereocenters. The standard InChI is InChI=1S/C17H19N3O3/c1-11(10-23-3)19-17(22)13(8-18)16(21)14-9-20(2)15-7-5-4-6-12(14)15/h4-7,9,11,13H,10H2,1-3H3,(H,19,22)/t11-,13+/m1/s1. The zero-order valence-electron chi connectivity index (χ0n) is 13.4. The van der Waals surface area contributed by atoms with Gasteiger partial charge in [0.05, 0.1) is 12.7 Å². The van der Waals surface area contributed by atoms with Crippen LogP contribution < -0.4 is 5.32 Å². The Labute approximate surface area is 134 Å². The fourth-order valence-corrected chi connectivity index (χ4v) is 2.55. The molecule has 2 rings (SSSR count). The van der Waals surface area contributed by atoms with Crippen LogP contribution in [0.4, 0.5) is 0 Å². The molecule has 6 heteroatoms. The number of carbonyl (C=O) groups excluding carboxylic acids is 2. The van der Waals surface area contributed by atoms with Crippen LogP contribution in [0.15, 0.2) is 30.5 Å². The molecule has 1 heterocycles. The molecule has 0 spiro atoms. The number of amides is 1. The van der Waals surface area contributed by atoms with Gasteiger partial charge >= 0.3 is 0 Å². The topological polar surface area (TPSA) is 84.1 Å². The average Bonchev–Trinajstić information content (AvgIpc) is 2.85. The van der Waals surface area contributed by atoms with Crippen LogP contribution in [0.25, 0.3) is 10.9 Å². The number of rotatable bonds is 6. The van der Waals surface area contributed by atoms with Gasteiger partial charge in [-0.25, -0.2) is 0 Å². The Morgan fingerprint density at radius 3 is 2.74 bits per heavy atom. The van der Waals surface area contributed by atoms with Crippen molar-refractivity contribution in [1.82, 2.24) is 9.88 Å². The van der Waals surface area contributed by atoms with Crippen molar-refractivity contribution in [3.05, 3.63) is 36.0 Å². The number of nitriles is 1. The van der Waals surface area contributed by atoms with E-state index in [0.29, 0.717) is 12.2 Å². The molecular formula is C17H19N3O3. The number of para-hydroxylation sites is 1. The van der Waals surface area contributed by atoms with E-state index < -0.39 is 17.6 Å². The second kappa shape index (κ2) is 7.07. The Bertz CT molecular complexity index is 773. The highest BCUT2D eigenvalue weighted by molar-refractivity contribution is 6.17. The van der Waals surface area contributed by atoms with Gasteiger partial charge in [0.25, 0.3) is 0 Å². The van der Waals surface area contributed by atoms with Gasteiger partial charge in [0.2, 0.25) is 5.91 Å². The van der Waals surface area contributed by atoms with Gasteiger partial charge in [0, 0.05) is 42.9 Å². The summed E-state index contributed by atoms with van der Waals surface area (Å²) < 4.78 is 6.75. The highest BCUT2D eigenvalue weighted by Gasteiger charge is 2.30. The molecule has 1 aromatic heterocycles. The minimum absolute atomic E-state index is 0.274. The third kappa shape index (κ3) is 3.41. The van der Waals surface area contributed by atoms with Gasteiger partial charge in [-0.1, -0.05) is 18.2 Å². The predicted octanol–water partition coefficient (Wildman–Crippen LogP) is 1.65. The predicted molar refractivity (Wildman–Crippen MR) is 85.8 cm³/mol. The lowest BCUT2D eigenvalue weighted by atomic mass is 9.97. The summed E-state index contributed by atoms with van der Waals surface area (Å²) in [6, 6.07) is 8.92. The number of aryl methyl sites for hydroxylation is 1. The van der Waals surface area contributed by atoms with E-state index in [1.54, 1.807) is 13.1 Å². The number of methoxy groups -OCH3 is 1. The van der Waals surface area contributed by atoms with E-state index in [-0.39, 0.29) is 6.04 Å². The summed E-state index contributed by atoms with van der Waals surface area (Å²) in [5.41, 5.74) is 1.25. The Hall–Kier alpha value is -2.65. The first-order chi connectivity index (χ1) is 11.0. The lowest BCUT2D eigenvalue weighted by Gasteiger charge is -2.14. The average molecular weight is 313 g/mol. The first-order valence-corrected chi connectivity index (χ1v) is 7.26. The molecule has 2 aromatic rings. The van der Waals surface area contributed by atoms with E-state index in [0.717, 1.165) is 10.9 Å². The number of carbonyl (C=O) groups is 2. The zero-order valence-corrected chi connectivity index (χ0v) is 13.4. The van der Waals surface area contributed by atoms with Gasteiger partial charge in [0.15, 0.2) is 11.7 Å². The maximum absolute atomic E-state index is 12.7. The van der Waals surface area contributed by atoms with Gasteiger partial charge in [-0.15, -0.1) is 0 Å². The molecule has 0 aliphatic carbocycles. The number of benzene rings is 1. The third-order valence-corrected chi connectivity index (χ3v) is 3.62. The van der Waals surface area contributed by atoms with Gasteiger partial charge in [0.1, 0.15) is 0 Å². The van der Waals surface area contributed by atoms with Gasteiger partial charge in [-0.3, -0.25) is 9.59 Å². The molecule has 0 saturated heterocycles. The minimum atomic E-state index is -1.37. The van der Waals surface area contributed by atoms with E-state index in [2.05, 4.69) is 5.32 Å². The van der Waals surface area contributed by atoms with Crippen LogP contribution >= 0.6 is 0 Å². The minimum Gasteiger partial charge on any atom is -0.383 e. The number of nitrogens with one attached hydrogen (secondary N) is 1. The second-order valence-electron chi connectivity index (χ2n) is 5.46. The van der Waals surface area contributed by atoms with Crippen molar-refractivity contribution in [3.8, 4) is 6.07 Å². The van der Waals surface area contributed by atoms with E-state index in [1.165, 1.54) is 7.11 Å². The molecule has 0 aliphatic heterocycles. The number of aromatic nitrogens is 1. The monoisotopic (exact) mass is 313 g/mol. The van der Waals surface area contributed by atoms with Crippen LogP contribution in [-0.2, 0) is 16.6 Å². The summed E-state index contributed by atoms with van der Waals surface area (Å²) in [6.07, 6.45) is 1.66. The number of nitrogens with zero attached hydrogens (tertiary/aromatic N) is 2. The van der Waals surface area contributed by atoms with Crippen molar-refractivity contribution < 1.29 is 14.3 Å². The molecule has 0 bridgehead atoms. The summed E-state index contributed by atoms with van der Waals surface area (Å²) in [5.74, 6) is -2.47. The first kappa shape index (κ1) is 16.7. The maximum atomic E-state index is 12.7. The van der Waals surface area contributed by atoms with Gasteiger partial charge in [-0.2, -0.15) is 5.26 Å². The van der Waals surface area contributed by atoms with Crippen molar-refractivity contribution in [2.75, 3.05) is 13.7 Å². The highest BCUT2D eigenvalue weighted by atomic mass is 16.5. The lowest BCUT2D eigenvalue weighted by molar-refractivity contribution is -0.123. The van der Waals surface area contributed by atoms with Crippen LogP contribution in [0.2, 0.25) is 0 Å². The van der Waals surface area contributed by atoms with Crippen molar-refractivity contribution in [3.63, 3.8) is 0 Å². The number of Topliss-reactive ketones (excluding diaryl/α,β-unsaturated/α-hetero) is 1. The van der Waals surface area contributed by atoms with Crippen molar-refractivity contribution >= 4 is 22.6 Å².